The summed E-state index contributed by atoms with van der Waals surface area (Å²) in [5.41, 5.74) is 0.107. The molecule has 102 valence electrons. The molecule has 0 aliphatic carbocycles. The number of halogens is 4. The van der Waals surface area contributed by atoms with E-state index in [9.17, 15) is 17.6 Å². The lowest BCUT2D eigenvalue weighted by molar-refractivity contribution is -0.153. The van der Waals surface area contributed by atoms with E-state index in [1.807, 2.05) is 13.8 Å². The van der Waals surface area contributed by atoms with Gasteiger partial charge in [-0.3, -0.25) is 0 Å². The van der Waals surface area contributed by atoms with Crippen LogP contribution in [0.5, 0.6) is 5.75 Å². The number of nitrogens with one attached hydrogen (secondary N) is 1. The first-order valence-electron chi connectivity index (χ1n) is 5.50. The predicted molar refractivity (Wildman–Crippen MR) is 59.9 cm³/mol. The molecule has 1 aromatic rings. The highest BCUT2D eigenvalue weighted by Crippen LogP contribution is 2.24. The SMILES string of the molecule is CC(C)NCc1c(F)cccc1OCC(F)(F)F. The van der Waals surface area contributed by atoms with E-state index in [1.165, 1.54) is 18.2 Å². The van der Waals surface area contributed by atoms with Crippen LogP contribution in [0.25, 0.3) is 0 Å². The molecule has 0 unspecified atom stereocenters. The molecule has 0 saturated carbocycles. The first kappa shape index (κ1) is 14.8. The lowest BCUT2D eigenvalue weighted by Crippen LogP contribution is -2.24. The second-order valence-electron chi connectivity index (χ2n) is 4.16. The molecule has 0 radical (unpaired) electrons. The minimum absolute atomic E-state index is 0.0829. The maximum Gasteiger partial charge on any atom is 0.422 e. The van der Waals surface area contributed by atoms with Gasteiger partial charge in [0.1, 0.15) is 11.6 Å². The molecule has 1 N–H and O–H groups in total. The highest BCUT2D eigenvalue weighted by Gasteiger charge is 2.29. The van der Waals surface area contributed by atoms with Crippen molar-refractivity contribution in [3.8, 4) is 5.75 Å². The summed E-state index contributed by atoms with van der Waals surface area (Å²) in [5.74, 6) is -0.664. The molecule has 0 amide bonds. The maximum absolute atomic E-state index is 13.5. The molecule has 0 aromatic heterocycles. The summed E-state index contributed by atoms with van der Waals surface area (Å²) >= 11 is 0. The average molecular weight is 265 g/mol. The molecule has 0 aliphatic heterocycles. The van der Waals surface area contributed by atoms with Crippen LogP contribution in [0.15, 0.2) is 18.2 Å². The fraction of sp³-hybridized carbons (Fsp3) is 0.500. The maximum atomic E-state index is 13.5. The van der Waals surface area contributed by atoms with Gasteiger partial charge >= 0.3 is 6.18 Å². The van der Waals surface area contributed by atoms with Crippen molar-refractivity contribution in [3.05, 3.63) is 29.6 Å². The molecule has 0 heterocycles. The molecule has 18 heavy (non-hydrogen) atoms. The van der Waals surface area contributed by atoms with Crippen LogP contribution in [0.1, 0.15) is 19.4 Å². The number of hydrogen-bond acceptors (Lipinski definition) is 2. The van der Waals surface area contributed by atoms with E-state index in [0.717, 1.165) is 0 Å². The third-order valence-electron chi connectivity index (χ3n) is 2.15. The number of ether oxygens (including phenoxy) is 1. The largest absolute Gasteiger partial charge is 0.484 e. The summed E-state index contributed by atoms with van der Waals surface area (Å²) in [5, 5.41) is 2.94. The van der Waals surface area contributed by atoms with E-state index in [-0.39, 0.29) is 23.9 Å². The van der Waals surface area contributed by atoms with Gasteiger partial charge in [0.25, 0.3) is 0 Å². The topological polar surface area (TPSA) is 21.3 Å². The highest BCUT2D eigenvalue weighted by atomic mass is 19.4. The van der Waals surface area contributed by atoms with E-state index < -0.39 is 18.6 Å². The summed E-state index contributed by atoms with van der Waals surface area (Å²) in [6, 6.07) is 3.93. The highest BCUT2D eigenvalue weighted by molar-refractivity contribution is 5.34. The second kappa shape index (κ2) is 6.04. The zero-order chi connectivity index (χ0) is 13.8. The zero-order valence-corrected chi connectivity index (χ0v) is 10.1. The van der Waals surface area contributed by atoms with E-state index >= 15 is 0 Å². The van der Waals surface area contributed by atoms with Crippen molar-refractivity contribution in [3.63, 3.8) is 0 Å². The van der Waals surface area contributed by atoms with Crippen LogP contribution in [0.3, 0.4) is 0 Å². The van der Waals surface area contributed by atoms with Crippen LogP contribution in [-0.2, 0) is 6.54 Å². The molecule has 1 rings (SSSR count). The van der Waals surface area contributed by atoms with Gasteiger partial charge in [-0.15, -0.1) is 0 Å². The fourth-order valence-electron chi connectivity index (χ4n) is 1.31. The lowest BCUT2D eigenvalue weighted by Gasteiger charge is -2.15. The van der Waals surface area contributed by atoms with Gasteiger partial charge in [-0.1, -0.05) is 19.9 Å². The Balaban J connectivity index is 2.80. The van der Waals surface area contributed by atoms with Crippen LogP contribution in [0.2, 0.25) is 0 Å². The molecular formula is C12H15F4NO. The van der Waals surface area contributed by atoms with Crippen molar-refractivity contribution < 1.29 is 22.3 Å². The molecule has 0 aliphatic rings. The monoisotopic (exact) mass is 265 g/mol. The Morgan fingerprint density at radius 3 is 2.50 bits per heavy atom. The first-order valence-corrected chi connectivity index (χ1v) is 5.50. The molecular weight excluding hydrogens is 250 g/mol. The van der Waals surface area contributed by atoms with Crippen LogP contribution in [0.4, 0.5) is 17.6 Å². The number of alkyl halides is 3. The lowest BCUT2D eigenvalue weighted by atomic mass is 10.1. The molecule has 0 saturated heterocycles. The third-order valence-corrected chi connectivity index (χ3v) is 2.15. The molecule has 0 atom stereocenters. The molecule has 1 aromatic carbocycles. The van der Waals surface area contributed by atoms with Crippen LogP contribution in [0, 0.1) is 5.82 Å². The summed E-state index contributed by atoms with van der Waals surface area (Å²) < 4.78 is 54.3. The Morgan fingerprint density at radius 1 is 1.28 bits per heavy atom. The molecule has 0 spiro atoms. The van der Waals surface area contributed by atoms with Crippen LogP contribution >= 0.6 is 0 Å². The Morgan fingerprint density at radius 2 is 1.94 bits per heavy atom. The van der Waals surface area contributed by atoms with Crippen LogP contribution in [-0.4, -0.2) is 18.8 Å². The smallest absolute Gasteiger partial charge is 0.422 e. The quantitative estimate of drug-likeness (QED) is 0.825. The average Bonchev–Trinajstić information content (AvgIpc) is 2.23. The van der Waals surface area contributed by atoms with Gasteiger partial charge in [0.2, 0.25) is 0 Å². The Kier molecular flexibility index (Phi) is 4.95. The van der Waals surface area contributed by atoms with Gasteiger partial charge in [0.05, 0.1) is 0 Å². The summed E-state index contributed by atoms with van der Waals surface area (Å²) in [6.07, 6.45) is -4.44. The van der Waals surface area contributed by atoms with E-state index in [4.69, 9.17) is 0 Å². The van der Waals surface area contributed by atoms with Gasteiger partial charge in [-0.2, -0.15) is 13.2 Å². The van der Waals surface area contributed by atoms with E-state index in [2.05, 4.69) is 10.1 Å². The van der Waals surface area contributed by atoms with Crippen molar-refractivity contribution in [1.29, 1.82) is 0 Å². The molecule has 2 nitrogen and oxygen atoms in total. The van der Waals surface area contributed by atoms with Gasteiger partial charge in [-0.25, -0.2) is 4.39 Å². The van der Waals surface area contributed by atoms with Gasteiger partial charge in [-0.05, 0) is 12.1 Å². The number of benzene rings is 1. The standard InChI is InChI=1S/C12H15F4NO/c1-8(2)17-6-9-10(13)4-3-5-11(9)18-7-12(14,15)16/h3-5,8,17H,6-7H2,1-2H3. The number of rotatable bonds is 5. The molecule has 6 heteroatoms. The summed E-state index contributed by atoms with van der Waals surface area (Å²) in [6.45, 7) is 2.41. The second-order valence-corrected chi connectivity index (χ2v) is 4.16. The van der Waals surface area contributed by atoms with Crippen LogP contribution < -0.4 is 10.1 Å². The third kappa shape index (κ3) is 4.91. The number of hydrogen-bond donors (Lipinski definition) is 1. The fourth-order valence-corrected chi connectivity index (χ4v) is 1.31. The minimum Gasteiger partial charge on any atom is -0.484 e. The Labute approximate surface area is 103 Å². The Hall–Kier alpha value is -1.30. The molecule has 0 fully saturated rings. The van der Waals surface area contributed by atoms with Crippen molar-refractivity contribution >= 4 is 0 Å². The van der Waals surface area contributed by atoms with E-state index in [1.54, 1.807) is 0 Å². The molecule has 0 bridgehead atoms. The summed E-state index contributed by atoms with van der Waals surface area (Å²) in [7, 11) is 0. The van der Waals surface area contributed by atoms with E-state index in [0.29, 0.717) is 0 Å². The van der Waals surface area contributed by atoms with Gasteiger partial charge in [0.15, 0.2) is 6.61 Å². The zero-order valence-electron chi connectivity index (χ0n) is 10.1. The first-order chi connectivity index (χ1) is 8.29. The van der Waals surface area contributed by atoms with Gasteiger partial charge < -0.3 is 10.1 Å². The van der Waals surface area contributed by atoms with Crippen molar-refractivity contribution in [1.82, 2.24) is 5.32 Å². The summed E-state index contributed by atoms with van der Waals surface area (Å²) in [4.78, 5) is 0. The van der Waals surface area contributed by atoms with Gasteiger partial charge in [0, 0.05) is 18.2 Å². The minimum atomic E-state index is -4.44. The van der Waals surface area contributed by atoms with Crippen molar-refractivity contribution in [2.75, 3.05) is 6.61 Å². The van der Waals surface area contributed by atoms with Crippen molar-refractivity contribution in [2.24, 2.45) is 0 Å². The normalized spacial score (nSPS) is 11.9. The van der Waals surface area contributed by atoms with Crippen molar-refractivity contribution in [2.45, 2.75) is 32.6 Å². The predicted octanol–water partition coefficient (Wildman–Crippen LogP) is 3.26. The Bertz CT molecular complexity index is 390.